The fourth-order valence-corrected chi connectivity index (χ4v) is 2.71. The average molecular weight is 235 g/mol. The molecule has 1 N–H and O–H groups in total. The van der Waals surface area contributed by atoms with Crippen LogP contribution < -0.4 is 5.32 Å². The maximum absolute atomic E-state index is 4.69. The van der Waals surface area contributed by atoms with Gasteiger partial charge < -0.3 is 5.32 Å². The van der Waals surface area contributed by atoms with Crippen LogP contribution in [-0.4, -0.2) is 16.3 Å². The fourth-order valence-electron chi connectivity index (χ4n) is 2.71. The van der Waals surface area contributed by atoms with Crippen molar-refractivity contribution in [2.24, 2.45) is 5.92 Å². The number of hydrogen-bond acceptors (Lipinski definition) is 2. The number of hydrogen-bond donors (Lipinski definition) is 1. The molecule has 1 aliphatic rings. The molecule has 1 aromatic heterocycles. The Bertz CT molecular complexity index is 332. The second-order valence-electron chi connectivity index (χ2n) is 5.39. The van der Waals surface area contributed by atoms with Gasteiger partial charge >= 0.3 is 0 Å². The molecule has 2 atom stereocenters. The molecular formula is C14H25N3. The van der Waals surface area contributed by atoms with E-state index in [1.54, 1.807) is 0 Å². The summed E-state index contributed by atoms with van der Waals surface area (Å²) < 4.78 is 2.19. The Hall–Kier alpha value is -0.830. The first kappa shape index (κ1) is 12.6. The smallest absolute Gasteiger partial charge is 0.0762 e. The van der Waals surface area contributed by atoms with E-state index < -0.39 is 0 Å². The zero-order chi connectivity index (χ0) is 12.1. The zero-order valence-corrected chi connectivity index (χ0v) is 11.2. The van der Waals surface area contributed by atoms with E-state index in [0.29, 0.717) is 6.04 Å². The van der Waals surface area contributed by atoms with E-state index in [4.69, 9.17) is 5.10 Å². The van der Waals surface area contributed by atoms with Gasteiger partial charge in [-0.1, -0.05) is 26.7 Å². The van der Waals surface area contributed by atoms with Crippen LogP contribution in [0.4, 0.5) is 0 Å². The highest BCUT2D eigenvalue weighted by molar-refractivity contribution is 4.99. The highest BCUT2D eigenvalue weighted by atomic mass is 15.3. The van der Waals surface area contributed by atoms with E-state index in [9.17, 15) is 0 Å². The lowest BCUT2D eigenvalue weighted by Gasteiger charge is -2.26. The molecule has 1 saturated carbocycles. The third kappa shape index (κ3) is 3.56. The Morgan fingerprint density at radius 3 is 3.12 bits per heavy atom. The normalized spacial score (nSPS) is 25.1. The van der Waals surface area contributed by atoms with E-state index in [0.717, 1.165) is 19.0 Å². The summed E-state index contributed by atoms with van der Waals surface area (Å²) in [6.07, 6.45) is 8.68. The largest absolute Gasteiger partial charge is 0.311 e. The summed E-state index contributed by atoms with van der Waals surface area (Å²) in [6, 6.07) is 2.79. The summed E-state index contributed by atoms with van der Waals surface area (Å²) in [5, 5.41) is 8.09. The molecule has 3 heteroatoms. The van der Waals surface area contributed by atoms with Crippen molar-refractivity contribution >= 4 is 0 Å². The lowest BCUT2D eigenvalue weighted by molar-refractivity contribution is 0.265. The minimum Gasteiger partial charge on any atom is -0.311 e. The van der Waals surface area contributed by atoms with E-state index in [1.165, 1.54) is 37.8 Å². The standard InChI is InChI=1S/C14H25N3/c1-3-8-15-11-13-7-9-17(16-13)14-6-4-5-12(2)10-14/h7,9,12,14-15H,3-6,8,10-11H2,1-2H3. The van der Waals surface area contributed by atoms with Gasteiger partial charge in [-0.3, -0.25) is 4.68 Å². The lowest BCUT2D eigenvalue weighted by Crippen LogP contribution is -2.19. The van der Waals surface area contributed by atoms with Gasteiger partial charge in [-0.2, -0.15) is 5.10 Å². The van der Waals surface area contributed by atoms with Crippen LogP contribution in [0.5, 0.6) is 0 Å². The summed E-state index contributed by atoms with van der Waals surface area (Å²) in [5.74, 6) is 0.861. The van der Waals surface area contributed by atoms with Gasteiger partial charge in [0, 0.05) is 12.7 Å². The molecule has 0 radical (unpaired) electrons. The molecule has 0 spiro atoms. The first-order valence-corrected chi connectivity index (χ1v) is 7.04. The number of rotatable bonds is 5. The summed E-state index contributed by atoms with van der Waals surface area (Å²) >= 11 is 0. The third-order valence-electron chi connectivity index (χ3n) is 3.68. The molecule has 0 amide bonds. The molecule has 3 nitrogen and oxygen atoms in total. The van der Waals surface area contributed by atoms with Gasteiger partial charge in [-0.25, -0.2) is 0 Å². The molecule has 1 aromatic rings. The molecule has 0 aliphatic heterocycles. The maximum Gasteiger partial charge on any atom is 0.0762 e. The highest BCUT2D eigenvalue weighted by Gasteiger charge is 2.20. The molecule has 2 rings (SSSR count). The number of nitrogens with zero attached hydrogens (tertiary/aromatic N) is 2. The maximum atomic E-state index is 4.69. The van der Waals surface area contributed by atoms with E-state index >= 15 is 0 Å². The van der Waals surface area contributed by atoms with Crippen LogP contribution in [0.3, 0.4) is 0 Å². The Labute approximate surface area is 105 Å². The zero-order valence-electron chi connectivity index (χ0n) is 11.2. The van der Waals surface area contributed by atoms with Gasteiger partial charge in [0.2, 0.25) is 0 Å². The minimum absolute atomic E-state index is 0.638. The average Bonchev–Trinajstić information content (AvgIpc) is 2.78. The summed E-state index contributed by atoms with van der Waals surface area (Å²) in [5.41, 5.74) is 1.18. The van der Waals surface area contributed by atoms with Gasteiger partial charge in [0.25, 0.3) is 0 Å². The predicted molar refractivity (Wildman–Crippen MR) is 70.9 cm³/mol. The van der Waals surface area contributed by atoms with Gasteiger partial charge in [-0.05, 0) is 37.8 Å². The fraction of sp³-hybridized carbons (Fsp3) is 0.786. The third-order valence-corrected chi connectivity index (χ3v) is 3.68. The van der Waals surface area contributed by atoms with Crippen molar-refractivity contribution in [2.45, 2.75) is 58.5 Å². The van der Waals surface area contributed by atoms with Crippen molar-refractivity contribution in [3.8, 4) is 0 Å². The quantitative estimate of drug-likeness (QED) is 0.795. The van der Waals surface area contributed by atoms with Crippen LogP contribution in [0.15, 0.2) is 12.3 Å². The van der Waals surface area contributed by atoms with Crippen LogP contribution in [0.1, 0.15) is 57.7 Å². The Balaban J connectivity index is 1.88. The van der Waals surface area contributed by atoms with E-state index in [1.807, 2.05) is 0 Å². The SMILES string of the molecule is CCCNCc1ccn(C2CCCC(C)C2)n1. The molecule has 0 saturated heterocycles. The molecule has 96 valence electrons. The van der Waals surface area contributed by atoms with Crippen LogP contribution in [-0.2, 0) is 6.54 Å². The van der Waals surface area contributed by atoms with Crippen molar-refractivity contribution in [3.05, 3.63) is 18.0 Å². The molecule has 0 aromatic carbocycles. The molecular weight excluding hydrogens is 210 g/mol. The molecule has 17 heavy (non-hydrogen) atoms. The number of nitrogens with one attached hydrogen (secondary N) is 1. The predicted octanol–water partition coefficient (Wildman–Crippen LogP) is 3.13. The van der Waals surface area contributed by atoms with E-state index in [-0.39, 0.29) is 0 Å². The van der Waals surface area contributed by atoms with Crippen LogP contribution in [0.25, 0.3) is 0 Å². The van der Waals surface area contributed by atoms with Crippen molar-refractivity contribution in [3.63, 3.8) is 0 Å². The molecule has 1 heterocycles. The summed E-state index contributed by atoms with van der Waals surface area (Å²) in [4.78, 5) is 0. The molecule has 1 aliphatic carbocycles. The topological polar surface area (TPSA) is 29.9 Å². The minimum atomic E-state index is 0.638. The van der Waals surface area contributed by atoms with Crippen molar-refractivity contribution in [1.82, 2.24) is 15.1 Å². The van der Waals surface area contributed by atoms with Crippen LogP contribution >= 0.6 is 0 Å². The summed E-state index contributed by atoms with van der Waals surface area (Å²) in [6.45, 7) is 6.53. The van der Waals surface area contributed by atoms with Crippen molar-refractivity contribution in [2.75, 3.05) is 6.54 Å². The van der Waals surface area contributed by atoms with E-state index in [2.05, 4.69) is 36.1 Å². The first-order valence-electron chi connectivity index (χ1n) is 7.04. The van der Waals surface area contributed by atoms with Crippen molar-refractivity contribution < 1.29 is 0 Å². The van der Waals surface area contributed by atoms with Crippen molar-refractivity contribution in [1.29, 1.82) is 0 Å². The number of aromatic nitrogens is 2. The van der Waals surface area contributed by atoms with Crippen LogP contribution in [0, 0.1) is 5.92 Å². The van der Waals surface area contributed by atoms with Crippen LogP contribution in [0.2, 0.25) is 0 Å². The first-order chi connectivity index (χ1) is 8.29. The highest BCUT2D eigenvalue weighted by Crippen LogP contribution is 2.31. The second kappa shape index (κ2) is 6.20. The molecule has 0 bridgehead atoms. The van der Waals surface area contributed by atoms with Gasteiger partial charge in [-0.15, -0.1) is 0 Å². The monoisotopic (exact) mass is 235 g/mol. The Morgan fingerprint density at radius 2 is 2.35 bits per heavy atom. The van der Waals surface area contributed by atoms with Gasteiger partial charge in [0.1, 0.15) is 0 Å². The van der Waals surface area contributed by atoms with Gasteiger partial charge in [0.15, 0.2) is 0 Å². The molecule has 2 unspecified atom stereocenters. The Kier molecular flexibility index (Phi) is 4.60. The van der Waals surface area contributed by atoms with Gasteiger partial charge in [0.05, 0.1) is 11.7 Å². The Morgan fingerprint density at radius 1 is 1.47 bits per heavy atom. The molecule has 1 fully saturated rings. The lowest BCUT2D eigenvalue weighted by atomic mass is 9.87. The second-order valence-corrected chi connectivity index (χ2v) is 5.39. The summed E-state index contributed by atoms with van der Waals surface area (Å²) in [7, 11) is 0.